The number of hydrazine groups is 1. The number of carbonyl (C=O) groups excluding carboxylic acids is 2. The van der Waals surface area contributed by atoms with Crippen molar-refractivity contribution in [1.29, 1.82) is 0 Å². The average Bonchev–Trinajstić information content (AvgIpc) is 2.82. The number of hydrogen-bond acceptors (Lipinski definition) is 5. The van der Waals surface area contributed by atoms with E-state index in [-0.39, 0.29) is 6.04 Å². The van der Waals surface area contributed by atoms with E-state index in [0.29, 0.717) is 12.8 Å². The Balaban J connectivity index is 2.24. The van der Waals surface area contributed by atoms with Crippen molar-refractivity contribution in [1.82, 2.24) is 10.0 Å². The van der Waals surface area contributed by atoms with Gasteiger partial charge >= 0.3 is 12.2 Å². The standard InChI is InChI=1S/C9H14N2O5/c1-15-8(13)10-5-3-6(7(12)4-5)11(10)9(14)16-2/h5-7,12H,3-4H2,1-2H3. The van der Waals surface area contributed by atoms with Crippen molar-refractivity contribution in [3.8, 4) is 0 Å². The Morgan fingerprint density at radius 3 is 2.25 bits per heavy atom. The van der Waals surface area contributed by atoms with Crippen molar-refractivity contribution in [3.63, 3.8) is 0 Å². The molecule has 7 nitrogen and oxygen atoms in total. The van der Waals surface area contributed by atoms with E-state index in [9.17, 15) is 14.7 Å². The lowest BCUT2D eigenvalue weighted by Crippen LogP contribution is -2.57. The number of aliphatic hydroxyl groups excluding tert-OH is 1. The van der Waals surface area contributed by atoms with Gasteiger partial charge in [-0.2, -0.15) is 0 Å². The van der Waals surface area contributed by atoms with Crippen LogP contribution < -0.4 is 0 Å². The highest BCUT2D eigenvalue weighted by molar-refractivity contribution is 5.76. The van der Waals surface area contributed by atoms with Gasteiger partial charge in [0.05, 0.1) is 32.4 Å². The maximum Gasteiger partial charge on any atom is 0.429 e. The third kappa shape index (κ3) is 1.39. The van der Waals surface area contributed by atoms with Crippen molar-refractivity contribution >= 4 is 12.2 Å². The molecule has 0 spiro atoms. The minimum atomic E-state index is -0.656. The van der Waals surface area contributed by atoms with Crippen LogP contribution in [0.1, 0.15) is 12.8 Å². The van der Waals surface area contributed by atoms with E-state index < -0.39 is 24.3 Å². The van der Waals surface area contributed by atoms with Gasteiger partial charge in [-0.1, -0.05) is 0 Å². The summed E-state index contributed by atoms with van der Waals surface area (Å²) in [5, 5.41) is 12.0. The summed E-state index contributed by atoms with van der Waals surface area (Å²) in [5.41, 5.74) is 0. The summed E-state index contributed by atoms with van der Waals surface area (Å²) >= 11 is 0. The Labute approximate surface area is 92.5 Å². The molecule has 90 valence electrons. The van der Waals surface area contributed by atoms with Gasteiger partial charge in [-0.3, -0.25) is 0 Å². The molecular formula is C9H14N2O5. The molecule has 1 saturated carbocycles. The number of hydrogen-bond donors (Lipinski definition) is 1. The van der Waals surface area contributed by atoms with Crippen LogP contribution >= 0.6 is 0 Å². The normalized spacial score (nSPS) is 31.8. The molecular weight excluding hydrogens is 216 g/mol. The number of aliphatic hydroxyl groups is 1. The highest BCUT2D eigenvalue weighted by Gasteiger charge is 2.54. The third-order valence-electron chi connectivity index (χ3n) is 3.09. The smallest absolute Gasteiger partial charge is 0.429 e. The SMILES string of the molecule is COC(=O)N1C2CC(O)C(C2)N1C(=O)OC. The fraction of sp³-hybridized carbons (Fsp3) is 0.778. The number of ether oxygens (including phenoxy) is 2. The number of amides is 2. The van der Waals surface area contributed by atoms with Crippen LogP contribution in [0.15, 0.2) is 0 Å². The molecule has 2 fully saturated rings. The highest BCUT2D eigenvalue weighted by Crippen LogP contribution is 2.38. The lowest BCUT2D eigenvalue weighted by molar-refractivity contribution is -0.0679. The summed E-state index contributed by atoms with van der Waals surface area (Å²) in [5.74, 6) is 0. The van der Waals surface area contributed by atoms with E-state index in [1.54, 1.807) is 0 Å². The second kappa shape index (κ2) is 3.82. The summed E-state index contributed by atoms with van der Waals surface area (Å²) < 4.78 is 9.19. The van der Waals surface area contributed by atoms with Gasteiger partial charge in [-0.05, 0) is 12.8 Å². The van der Waals surface area contributed by atoms with Gasteiger partial charge in [0.2, 0.25) is 0 Å². The summed E-state index contributed by atoms with van der Waals surface area (Å²) in [6.45, 7) is 0. The quantitative estimate of drug-likeness (QED) is 0.630. The predicted molar refractivity (Wildman–Crippen MR) is 51.3 cm³/mol. The van der Waals surface area contributed by atoms with Crippen LogP contribution in [0.3, 0.4) is 0 Å². The lowest BCUT2D eigenvalue weighted by atomic mass is 10.2. The second-order valence-corrected chi connectivity index (χ2v) is 3.89. The number of nitrogens with zero attached hydrogens (tertiary/aromatic N) is 2. The van der Waals surface area contributed by atoms with Crippen molar-refractivity contribution < 1.29 is 24.2 Å². The molecule has 1 saturated heterocycles. The first kappa shape index (κ1) is 11.0. The van der Waals surface area contributed by atoms with Gasteiger partial charge in [0, 0.05) is 0 Å². The number of methoxy groups -OCH3 is 2. The van der Waals surface area contributed by atoms with Crippen molar-refractivity contribution in [2.24, 2.45) is 0 Å². The van der Waals surface area contributed by atoms with E-state index in [1.165, 1.54) is 19.2 Å². The van der Waals surface area contributed by atoms with E-state index in [1.807, 2.05) is 0 Å². The molecule has 1 aliphatic carbocycles. The Bertz CT molecular complexity index is 321. The fourth-order valence-corrected chi connectivity index (χ4v) is 2.41. The summed E-state index contributed by atoms with van der Waals surface area (Å²) in [6, 6.07) is -0.580. The van der Waals surface area contributed by atoms with Crippen molar-refractivity contribution in [3.05, 3.63) is 0 Å². The Kier molecular flexibility index (Phi) is 2.63. The Morgan fingerprint density at radius 2 is 1.69 bits per heavy atom. The van der Waals surface area contributed by atoms with E-state index >= 15 is 0 Å². The van der Waals surface area contributed by atoms with Crippen LogP contribution in [0.2, 0.25) is 0 Å². The Morgan fingerprint density at radius 1 is 1.12 bits per heavy atom. The summed E-state index contributed by atoms with van der Waals surface area (Å²) in [6.07, 6.45) is -0.843. The highest BCUT2D eigenvalue weighted by atomic mass is 16.6. The van der Waals surface area contributed by atoms with Gasteiger partial charge in [0.1, 0.15) is 0 Å². The van der Waals surface area contributed by atoms with Crippen LogP contribution in [0.5, 0.6) is 0 Å². The first-order chi connectivity index (χ1) is 7.60. The molecule has 7 heteroatoms. The van der Waals surface area contributed by atoms with Gasteiger partial charge in [-0.15, -0.1) is 0 Å². The molecule has 2 aliphatic rings. The van der Waals surface area contributed by atoms with E-state index in [2.05, 4.69) is 9.47 Å². The molecule has 0 aromatic heterocycles. The second-order valence-electron chi connectivity index (χ2n) is 3.89. The first-order valence-corrected chi connectivity index (χ1v) is 5.02. The molecule has 0 aromatic carbocycles. The molecule has 1 heterocycles. The zero-order valence-electron chi connectivity index (χ0n) is 9.12. The molecule has 3 unspecified atom stereocenters. The van der Waals surface area contributed by atoms with Crippen LogP contribution in [-0.4, -0.2) is 59.7 Å². The van der Waals surface area contributed by atoms with Gasteiger partial charge in [0.15, 0.2) is 0 Å². The molecule has 1 N–H and O–H groups in total. The first-order valence-electron chi connectivity index (χ1n) is 5.02. The zero-order valence-corrected chi connectivity index (χ0v) is 9.12. The molecule has 16 heavy (non-hydrogen) atoms. The van der Waals surface area contributed by atoms with E-state index in [4.69, 9.17) is 0 Å². The molecule has 2 bridgehead atoms. The van der Waals surface area contributed by atoms with Gasteiger partial charge < -0.3 is 14.6 Å². The van der Waals surface area contributed by atoms with Crippen LogP contribution in [-0.2, 0) is 9.47 Å². The van der Waals surface area contributed by atoms with Crippen LogP contribution in [0.4, 0.5) is 9.59 Å². The van der Waals surface area contributed by atoms with Crippen molar-refractivity contribution in [2.45, 2.75) is 31.0 Å². The van der Waals surface area contributed by atoms with E-state index in [0.717, 1.165) is 5.01 Å². The number of rotatable bonds is 0. The Hall–Kier alpha value is -1.50. The molecule has 1 aliphatic heterocycles. The van der Waals surface area contributed by atoms with Gasteiger partial charge in [0.25, 0.3) is 0 Å². The van der Waals surface area contributed by atoms with Crippen LogP contribution in [0, 0.1) is 0 Å². The average molecular weight is 230 g/mol. The summed E-state index contributed by atoms with van der Waals surface area (Å²) in [4.78, 5) is 23.0. The minimum absolute atomic E-state index is 0.188. The zero-order chi connectivity index (χ0) is 11.9. The maximum atomic E-state index is 11.5. The minimum Gasteiger partial charge on any atom is -0.452 e. The summed E-state index contributed by atoms with van der Waals surface area (Å²) in [7, 11) is 2.48. The molecule has 2 rings (SSSR count). The largest absolute Gasteiger partial charge is 0.452 e. The molecule has 3 atom stereocenters. The number of fused-ring (bicyclic) bond motifs is 2. The van der Waals surface area contributed by atoms with Crippen LogP contribution in [0.25, 0.3) is 0 Å². The fourth-order valence-electron chi connectivity index (χ4n) is 2.41. The molecule has 2 amide bonds. The number of carbonyl (C=O) groups is 2. The molecule has 0 radical (unpaired) electrons. The topological polar surface area (TPSA) is 79.3 Å². The monoisotopic (exact) mass is 230 g/mol. The third-order valence-corrected chi connectivity index (χ3v) is 3.09. The molecule has 0 aromatic rings. The van der Waals surface area contributed by atoms with Gasteiger partial charge in [-0.25, -0.2) is 19.6 Å². The predicted octanol–water partition coefficient (Wildman–Crippen LogP) is -0.0563. The lowest BCUT2D eigenvalue weighted by Gasteiger charge is -2.37. The maximum absolute atomic E-state index is 11.5. The van der Waals surface area contributed by atoms with Crippen molar-refractivity contribution in [2.75, 3.05) is 14.2 Å².